The summed E-state index contributed by atoms with van der Waals surface area (Å²) in [7, 11) is 2.10. The first-order valence-corrected chi connectivity index (χ1v) is 10.1. The van der Waals surface area contributed by atoms with Crippen molar-refractivity contribution in [2.75, 3.05) is 37.6 Å². The maximum Gasteiger partial charge on any atom is 0.157 e. The Morgan fingerprint density at radius 2 is 1.80 bits per heavy atom. The average Bonchev–Trinajstić information content (AvgIpc) is 3.14. The molecule has 1 aliphatic carbocycles. The maximum atomic E-state index is 5.15. The molecule has 5 rings (SSSR count). The molecule has 5 heteroatoms. The van der Waals surface area contributed by atoms with Crippen molar-refractivity contribution < 1.29 is 0 Å². The van der Waals surface area contributed by atoms with Gasteiger partial charge in [0.15, 0.2) is 5.82 Å². The molecule has 1 saturated carbocycles. The molecular formula is C20H29N5. The number of aromatic nitrogens is 3. The quantitative estimate of drug-likeness (QED) is 0.857. The van der Waals surface area contributed by atoms with Crippen molar-refractivity contribution in [2.45, 2.75) is 44.4 Å². The summed E-state index contributed by atoms with van der Waals surface area (Å²) in [5.41, 5.74) is 3.62. The second-order valence-electron chi connectivity index (χ2n) is 8.31. The van der Waals surface area contributed by atoms with Gasteiger partial charge in [-0.1, -0.05) is 0 Å². The number of nitrogens with zero attached hydrogens (tertiary/aromatic N) is 5. The van der Waals surface area contributed by atoms with Crippen molar-refractivity contribution in [1.29, 1.82) is 0 Å². The van der Waals surface area contributed by atoms with Crippen LogP contribution in [0.4, 0.5) is 5.82 Å². The molecule has 0 atom stereocenters. The van der Waals surface area contributed by atoms with E-state index >= 15 is 0 Å². The summed E-state index contributed by atoms with van der Waals surface area (Å²) in [6, 6.07) is 2.31. The fourth-order valence-corrected chi connectivity index (χ4v) is 4.57. The van der Waals surface area contributed by atoms with Gasteiger partial charge in [0.05, 0.1) is 11.8 Å². The standard InChI is InChI=1S/C20H29N5/c1-23-14-21-19-18(23)12-17(22-20(19)25-8-2-3-9-25)16-6-10-24(11-7-16)13-15-4-5-15/h12,14-16H,2-11,13H2,1H3. The smallest absolute Gasteiger partial charge is 0.157 e. The Labute approximate surface area is 150 Å². The molecule has 4 heterocycles. The molecule has 0 aromatic carbocycles. The maximum absolute atomic E-state index is 5.15. The Balaban J connectivity index is 1.41. The predicted molar refractivity (Wildman–Crippen MR) is 101 cm³/mol. The number of aryl methyl sites for hydroxylation is 1. The van der Waals surface area contributed by atoms with Gasteiger partial charge in [0.2, 0.25) is 0 Å². The Morgan fingerprint density at radius 3 is 2.52 bits per heavy atom. The molecule has 5 nitrogen and oxygen atoms in total. The van der Waals surface area contributed by atoms with E-state index in [4.69, 9.17) is 4.98 Å². The van der Waals surface area contributed by atoms with Crippen LogP contribution in [0.1, 0.15) is 50.1 Å². The van der Waals surface area contributed by atoms with E-state index in [9.17, 15) is 0 Å². The van der Waals surface area contributed by atoms with Gasteiger partial charge < -0.3 is 14.4 Å². The van der Waals surface area contributed by atoms with Gasteiger partial charge in [-0.3, -0.25) is 0 Å². The summed E-state index contributed by atoms with van der Waals surface area (Å²) >= 11 is 0. The largest absolute Gasteiger partial charge is 0.355 e. The summed E-state index contributed by atoms with van der Waals surface area (Å²) in [5.74, 6) is 2.74. The van der Waals surface area contributed by atoms with Crippen LogP contribution in [0.15, 0.2) is 12.4 Å². The van der Waals surface area contributed by atoms with Gasteiger partial charge in [0.1, 0.15) is 5.52 Å². The lowest BCUT2D eigenvalue weighted by Gasteiger charge is -2.32. The molecule has 2 saturated heterocycles. The molecule has 0 bridgehead atoms. The van der Waals surface area contributed by atoms with Gasteiger partial charge in [0, 0.05) is 38.3 Å². The SMILES string of the molecule is Cn1cnc2c(N3CCCC3)nc(C3CCN(CC4CC4)CC3)cc21. The molecule has 0 amide bonds. The van der Waals surface area contributed by atoms with Crippen LogP contribution in [-0.4, -0.2) is 52.2 Å². The second kappa shape index (κ2) is 6.27. The molecule has 0 spiro atoms. The van der Waals surface area contributed by atoms with E-state index in [2.05, 4.69) is 32.5 Å². The van der Waals surface area contributed by atoms with Crippen molar-refractivity contribution in [3.63, 3.8) is 0 Å². The van der Waals surface area contributed by atoms with Crippen LogP contribution in [-0.2, 0) is 7.05 Å². The van der Waals surface area contributed by atoms with Crippen molar-refractivity contribution in [2.24, 2.45) is 13.0 Å². The van der Waals surface area contributed by atoms with Crippen LogP contribution < -0.4 is 4.90 Å². The highest BCUT2D eigenvalue weighted by molar-refractivity contribution is 5.87. The van der Waals surface area contributed by atoms with Crippen LogP contribution in [0.2, 0.25) is 0 Å². The minimum absolute atomic E-state index is 0.608. The van der Waals surface area contributed by atoms with Crippen LogP contribution in [0, 0.1) is 5.92 Å². The Morgan fingerprint density at radius 1 is 1.04 bits per heavy atom. The van der Waals surface area contributed by atoms with Gasteiger partial charge in [-0.05, 0) is 63.6 Å². The topological polar surface area (TPSA) is 37.2 Å². The predicted octanol–water partition coefficient (Wildman–Crippen LogP) is 3.16. The van der Waals surface area contributed by atoms with Crippen molar-refractivity contribution in [3.05, 3.63) is 18.1 Å². The van der Waals surface area contributed by atoms with E-state index in [1.807, 2.05) is 6.33 Å². The number of anilines is 1. The zero-order chi connectivity index (χ0) is 16.8. The van der Waals surface area contributed by atoms with Gasteiger partial charge >= 0.3 is 0 Å². The molecule has 2 aromatic heterocycles. The molecule has 2 aliphatic heterocycles. The van der Waals surface area contributed by atoms with Crippen LogP contribution in [0.25, 0.3) is 11.0 Å². The average molecular weight is 339 g/mol. The van der Waals surface area contributed by atoms with Gasteiger partial charge in [0.25, 0.3) is 0 Å². The molecule has 134 valence electrons. The number of piperidine rings is 1. The molecule has 2 aromatic rings. The lowest BCUT2D eigenvalue weighted by molar-refractivity contribution is 0.203. The fourth-order valence-electron chi connectivity index (χ4n) is 4.57. The number of fused-ring (bicyclic) bond motifs is 1. The number of rotatable bonds is 4. The third-order valence-corrected chi connectivity index (χ3v) is 6.34. The minimum atomic E-state index is 0.608. The van der Waals surface area contributed by atoms with E-state index in [1.54, 1.807) is 0 Å². The first-order chi connectivity index (χ1) is 12.3. The molecule has 3 aliphatic rings. The summed E-state index contributed by atoms with van der Waals surface area (Å²) in [4.78, 5) is 14.9. The van der Waals surface area contributed by atoms with E-state index in [-0.39, 0.29) is 0 Å². The monoisotopic (exact) mass is 339 g/mol. The number of pyridine rings is 1. The van der Waals surface area contributed by atoms with Crippen molar-refractivity contribution >= 4 is 16.9 Å². The highest BCUT2D eigenvalue weighted by Crippen LogP contribution is 2.35. The summed E-state index contributed by atoms with van der Waals surface area (Å²) in [6.45, 7) is 6.07. The zero-order valence-electron chi connectivity index (χ0n) is 15.3. The molecule has 25 heavy (non-hydrogen) atoms. The molecule has 0 N–H and O–H groups in total. The third-order valence-electron chi connectivity index (χ3n) is 6.34. The van der Waals surface area contributed by atoms with Crippen molar-refractivity contribution in [3.8, 4) is 0 Å². The van der Waals surface area contributed by atoms with E-state index < -0.39 is 0 Å². The van der Waals surface area contributed by atoms with Crippen LogP contribution in [0.3, 0.4) is 0 Å². The summed E-state index contributed by atoms with van der Waals surface area (Å²) in [6.07, 6.45) is 9.91. The molecule has 0 unspecified atom stereocenters. The van der Waals surface area contributed by atoms with E-state index in [0.29, 0.717) is 5.92 Å². The number of likely N-dealkylation sites (tertiary alicyclic amines) is 1. The van der Waals surface area contributed by atoms with Gasteiger partial charge in [-0.2, -0.15) is 0 Å². The minimum Gasteiger partial charge on any atom is -0.355 e. The normalized spacial score (nSPS) is 23.0. The first-order valence-electron chi connectivity index (χ1n) is 10.1. The first kappa shape index (κ1) is 15.6. The molecular weight excluding hydrogens is 310 g/mol. The fraction of sp³-hybridized carbons (Fsp3) is 0.700. The van der Waals surface area contributed by atoms with Gasteiger partial charge in [-0.15, -0.1) is 0 Å². The Hall–Kier alpha value is -1.62. The second-order valence-corrected chi connectivity index (χ2v) is 8.31. The highest BCUT2D eigenvalue weighted by Gasteiger charge is 2.29. The lowest BCUT2D eigenvalue weighted by Crippen LogP contribution is -2.34. The molecule has 0 radical (unpaired) electrons. The lowest BCUT2D eigenvalue weighted by atomic mass is 9.92. The Bertz CT molecular complexity index is 749. The molecule has 3 fully saturated rings. The highest BCUT2D eigenvalue weighted by atomic mass is 15.2. The van der Waals surface area contributed by atoms with Crippen LogP contribution >= 0.6 is 0 Å². The van der Waals surface area contributed by atoms with Crippen LogP contribution in [0.5, 0.6) is 0 Å². The number of imidazole rings is 1. The number of hydrogen-bond donors (Lipinski definition) is 0. The summed E-state index contributed by atoms with van der Waals surface area (Å²) < 4.78 is 2.16. The number of hydrogen-bond acceptors (Lipinski definition) is 4. The Kier molecular flexibility index (Phi) is 3.92. The zero-order valence-corrected chi connectivity index (χ0v) is 15.3. The van der Waals surface area contributed by atoms with Gasteiger partial charge in [-0.25, -0.2) is 9.97 Å². The summed E-state index contributed by atoms with van der Waals surface area (Å²) in [5, 5.41) is 0. The van der Waals surface area contributed by atoms with E-state index in [0.717, 1.165) is 30.3 Å². The van der Waals surface area contributed by atoms with E-state index in [1.165, 1.54) is 69.4 Å². The van der Waals surface area contributed by atoms with Crippen molar-refractivity contribution in [1.82, 2.24) is 19.4 Å². The third kappa shape index (κ3) is 3.03.